The monoisotopic (exact) mass is 326 g/mol. The largest absolute Gasteiger partial charge is 0.468 e. The van der Waals surface area contributed by atoms with Crippen molar-refractivity contribution in [2.45, 2.75) is 54.1 Å². The Morgan fingerprint density at radius 2 is 1.96 bits per heavy atom. The van der Waals surface area contributed by atoms with Gasteiger partial charge in [0.15, 0.2) is 0 Å². The first-order chi connectivity index (χ1) is 11.4. The molecule has 0 amide bonds. The number of ether oxygens (including phenoxy) is 1. The lowest BCUT2D eigenvalue weighted by Crippen LogP contribution is -2.04. The average molecular weight is 326 g/mol. The normalized spacial score (nSPS) is 11.6. The van der Waals surface area contributed by atoms with Gasteiger partial charge < -0.3 is 9.15 Å². The lowest BCUT2D eigenvalue weighted by Gasteiger charge is -2.09. The van der Waals surface area contributed by atoms with E-state index in [0.717, 1.165) is 28.9 Å². The van der Waals surface area contributed by atoms with E-state index in [2.05, 4.69) is 32.0 Å². The first-order valence-electron chi connectivity index (χ1n) is 8.37. The van der Waals surface area contributed by atoms with Crippen molar-refractivity contribution in [3.8, 4) is 0 Å². The number of esters is 1. The maximum Gasteiger partial charge on any atom is 0.331 e. The third-order valence-corrected chi connectivity index (χ3v) is 4.54. The van der Waals surface area contributed by atoms with Gasteiger partial charge in [-0.15, -0.1) is 0 Å². The van der Waals surface area contributed by atoms with Crippen molar-refractivity contribution in [3.63, 3.8) is 0 Å². The highest BCUT2D eigenvalue weighted by Crippen LogP contribution is 2.23. The summed E-state index contributed by atoms with van der Waals surface area (Å²) in [7, 11) is 0. The summed E-state index contributed by atoms with van der Waals surface area (Å²) in [5, 5.41) is 0. The quantitative estimate of drug-likeness (QED) is 0.541. The molecule has 0 spiro atoms. The minimum atomic E-state index is -0.298. The fourth-order valence-corrected chi connectivity index (χ4v) is 2.53. The maximum absolute atomic E-state index is 11.9. The Labute approximate surface area is 144 Å². The van der Waals surface area contributed by atoms with Crippen LogP contribution in [-0.4, -0.2) is 5.97 Å². The smallest absolute Gasteiger partial charge is 0.331 e. The summed E-state index contributed by atoms with van der Waals surface area (Å²) in [5.74, 6) is 0.567. The molecule has 0 atom stereocenters. The molecule has 1 aromatic carbocycles. The third kappa shape index (κ3) is 4.38. The van der Waals surface area contributed by atoms with Crippen molar-refractivity contribution in [2.75, 3.05) is 0 Å². The fraction of sp³-hybridized carbons (Fsp3) is 0.381. The van der Waals surface area contributed by atoms with Gasteiger partial charge in [-0.05, 0) is 56.4 Å². The van der Waals surface area contributed by atoms with Crippen molar-refractivity contribution < 1.29 is 13.9 Å². The van der Waals surface area contributed by atoms with E-state index in [0.29, 0.717) is 6.42 Å². The molecule has 0 aliphatic heterocycles. The first-order valence-corrected chi connectivity index (χ1v) is 8.37. The average Bonchev–Trinajstić information content (AvgIpc) is 2.89. The van der Waals surface area contributed by atoms with Gasteiger partial charge >= 0.3 is 5.97 Å². The highest BCUT2D eigenvalue weighted by molar-refractivity contribution is 5.82. The molecule has 3 nitrogen and oxygen atoms in total. The fourth-order valence-electron chi connectivity index (χ4n) is 2.53. The molecule has 1 heterocycles. The zero-order valence-corrected chi connectivity index (χ0v) is 15.2. The Kier molecular flexibility index (Phi) is 6.02. The van der Waals surface area contributed by atoms with E-state index in [9.17, 15) is 4.79 Å². The molecule has 24 heavy (non-hydrogen) atoms. The summed E-state index contributed by atoms with van der Waals surface area (Å²) in [4.78, 5) is 11.9. The van der Waals surface area contributed by atoms with Gasteiger partial charge in [0, 0.05) is 18.1 Å². The van der Waals surface area contributed by atoms with E-state index in [1.807, 2.05) is 20.8 Å². The minimum absolute atomic E-state index is 0.245. The van der Waals surface area contributed by atoms with Crippen LogP contribution >= 0.6 is 0 Å². The molecule has 1 aromatic heterocycles. The van der Waals surface area contributed by atoms with Gasteiger partial charge in [-0.25, -0.2) is 4.79 Å². The van der Waals surface area contributed by atoms with E-state index >= 15 is 0 Å². The van der Waals surface area contributed by atoms with Gasteiger partial charge in [0.25, 0.3) is 0 Å². The Morgan fingerprint density at radius 3 is 2.67 bits per heavy atom. The molecule has 0 saturated carbocycles. The number of carbonyl (C=O) groups is 1. The predicted octanol–water partition coefficient (Wildman–Crippen LogP) is 5.20. The molecule has 128 valence electrons. The molecule has 0 unspecified atom stereocenters. The maximum atomic E-state index is 11.9. The highest BCUT2D eigenvalue weighted by Gasteiger charge is 2.14. The molecule has 0 fully saturated rings. The van der Waals surface area contributed by atoms with Crippen LogP contribution < -0.4 is 0 Å². The number of hydrogen-bond donors (Lipinski definition) is 0. The second-order valence-corrected chi connectivity index (χ2v) is 6.31. The number of furan rings is 1. The van der Waals surface area contributed by atoms with Crippen LogP contribution in [0.2, 0.25) is 0 Å². The summed E-state index contributed by atoms with van der Waals surface area (Å²) in [6.07, 6.45) is 4.84. The summed E-state index contributed by atoms with van der Waals surface area (Å²) in [6.45, 7) is 10.4. The van der Waals surface area contributed by atoms with Crippen LogP contribution in [0.3, 0.4) is 0 Å². The molecule has 0 radical (unpaired) electrons. The summed E-state index contributed by atoms with van der Waals surface area (Å²) < 4.78 is 11.1. The predicted molar refractivity (Wildman–Crippen MR) is 96.0 cm³/mol. The molecular formula is C21H26O3. The Balaban J connectivity index is 2.14. The molecule has 0 aliphatic rings. The number of hydrogen-bond acceptors (Lipinski definition) is 3. The van der Waals surface area contributed by atoms with Crippen LogP contribution in [0.4, 0.5) is 0 Å². The van der Waals surface area contributed by atoms with Crippen LogP contribution in [0.25, 0.3) is 0 Å². The van der Waals surface area contributed by atoms with Crippen molar-refractivity contribution in [2.24, 2.45) is 0 Å². The highest BCUT2D eigenvalue weighted by atomic mass is 16.5. The molecule has 0 N–H and O–H groups in total. The van der Waals surface area contributed by atoms with Crippen molar-refractivity contribution >= 4 is 5.97 Å². The number of aryl methyl sites for hydroxylation is 2. The lowest BCUT2D eigenvalue weighted by molar-refractivity contribution is -0.139. The van der Waals surface area contributed by atoms with Crippen molar-refractivity contribution in [1.29, 1.82) is 0 Å². The van der Waals surface area contributed by atoms with Crippen LogP contribution in [-0.2, 0) is 22.6 Å². The van der Waals surface area contributed by atoms with Gasteiger partial charge in [0.05, 0.1) is 6.26 Å². The van der Waals surface area contributed by atoms with Crippen LogP contribution in [0.1, 0.15) is 53.8 Å². The lowest BCUT2D eigenvalue weighted by atomic mass is 9.98. The summed E-state index contributed by atoms with van der Waals surface area (Å²) in [6, 6.07) is 6.28. The van der Waals surface area contributed by atoms with E-state index in [1.165, 1.54) is 16.7 Å². The van der Waals surface area contributed by atoms with Crippen LogP contribution in [0.15, 0.2) is 40.5 Å². The van der Waals surface area contributed by atoms with Crippen LogP contribution in [0, 0.1) is 20.8 Å². The minimum Gasteiger partial charge on any atom is -0.468 e. The second kappa shape index (κ2) is 8.00. The van der Waals surface area contributed by atoms with Gasteiger partial charge in [0.1, 0.15) is 12.4 Å². The topological polar surface area (TPSA) is 39.4 Å². The van der Waals surface area contributed by atoms with Crippen molar-refractivity contribution in [1.82, 2.24) is 0 Å². The van der Waals surface area contributed by atoms with E-state index in [1.54, 1.807) is 12.3 Å². The zero-order valence-electron chi connectivity index (χ0n) is 15.2. The summed E-state index contributed by atoms with van der Waals surface area (Å²) in [5.41, 5.74) is 6.77. The number of carbonyl (C=O) groups excluding carboxylic acids is 1. The van der Waals surface area contributed by atoms with Gasteiger partial charge in [-0.2, -0.15) is 0 Å². The molecular weight excluding hydrogens is 300 g/mol. The second-order valence-electron chi connectivity index (χ2n) is 6.31. The third-order valence-electron chi connectivity index (χ3n) is 4.54. The Morgan fingerprint density at radius 1 is 1.21 bits per heavy atom. The molecule has 2 aromatic rings. The van der Waals surface area contributed by atoms with E-state index in [-0.39, 0.29) is 12.6 Å². The number of rotatable bonds is 6. The first kappa shape index (κ1) is 18.1. The molecule has 0 aliphatic carbocycles. The Hall–Kier alpha value is -2.29. The number of allylic oxidation sites excluding steroid dienone is 1. The van der Waals surface area contributed by atoms with E-state index in [4.69, 9.17) is 9.15 Å². The van der Waals surface area contributed by atoms with Crippen LogP contribution in [0.5, 0.6) is 0 Å². The van der Waals surface area contributed by atoms with E-state index < -0.39 is 0 Å². The standard InChI is InChI=1S/C21H26O3/c1-6-14(2)10-21(22)24-13-19-16(4)12-23-20(19)11-18-9-7-8-15(3)17(18)5/h7-10,12H,6,11,13H2,1-5H3/b14-10+. The molecule has 0 bridgehead atoms. The molecule has 0 saturated heterocycles. The molecule has 2 rings (SSSR count). The molecule has 3 heteroatoms. The van der Waals surface area contributed by atoms with Crippen molar-refractivity contribution in [3.05, 3.63) is 69.7 Å². The SMILES string of the molecule is CC/C(C)=C/C(=O)OCc1c(C)coc1Cc1cccc(C)c1C. The van der Waals surface area contributed by atoms with Gasteiger partial charge in [-0.1, -0.05) is 30.7 Å². The van der Waals surface area contributed by atoms with Gasteiger partial charge in [0.2, 0.25) is 0 Å². The number of benzene rings is 1. The Bertz CT molecular complexity index is 750. The van der Waals surface area contributed by atoms with Gasteiger partial charge in [-0.3, -0.25) is 0 Å². The zero-order chi connectivity index (χ0) is 17.7. The summed E-state index contributed by atoms with van der Waals surface area (Å²) >= 11 is 0.